The van der Waals surface area contributed by atoms with Crippen molar-refractivity contribution in [1.82, 2.24) is 15.1 Å². The van der Waals surface area contributed by atoms with Crippen LogP contribution in [0.2, 0.25) is 0 Å². The minimum atomic E-state index is -0.137. The summed E-state index contributed by atoms with van der Waals surface area (Å²) in [6.45, 7) is 2.58. The van der Waals surface area contributed by atoms with Gasteiger partial charge in [0.15, 0.2) is 0 Å². The maximum Gasteiger partial charge on any atom is 0.327 e. The van der Waals surface area contributed by atoms with Crippen molar-refractivity contribution in [2.75, 3.05) is 19.6 Å². The second-order valence-electron chi connectivity index (χ2n) is 4.82. The molecule has 3 heterocycles. The first-order valence-electron chi connectivity index (χ1n) is 6.13. The van der Waals surface area contributed by atoms with Crippen LogP contribution < -0.4 is 5.32 Å². The summed E-state index contributed by atoms with van der Waals surface area (Å²) in [6.07, 6.45) is 3.63. The Morgan fingerprint density at radius 1 is 1.12 bits per heavy atom. The molecule has 0 bridgehead atoms. The minimum Gasteiger partial charge on any atom is -0.317 e. The van der Waals surface area contributed by atoms with Crippen LogP contribution in [0, 0.1) is 0 Å². The maximum absolute atomic E-state index is 12.1. The van der Waals surface area contributed by atoms with E-state index in [1.807, 2.05) is 0 Å². The predicted molar refractivity (Wildman–Crippen MR) is 57.9 cm³/mol. The third-order valence-electron chi connectivity index (χ3n) is 3.90. The van der Waals surface area contributed by atoms with E-state index in [1.165, 1.54) is 4.90 Å². The molecule has 0 aromatic rings. The van der Waals surface area contributed by atoms with Crippen LogP contribution in [-0.2, 0) is 4.79 Å². The maximum atomic E-state index is 12.1. The number of hydrogen-bond donors (Lipinski definition) is 1. The molecule has 0 spiro atoms. The molecule has 1 atom stereocenters. The third-order valence-corrected chi connectivity index (χ3v) is 3.90. The van der Waals surface area contributed by atoms with Crippen LogP contribution in [0.15, 0.2) is 0 Å². The van der Waals surface area contributed by atoms with Crippen molar-refractivity contribution in [2.45, 2.75) is 37.8 Å². The molecule has 88 valence electrons. The second-order valence-corrected chi connectivity index (χ2v) is 4.82. The number of rotatable bonds is 1. The number of nitrogens with one attached hydrogen (secondary N) is 1. The van der Waals surface area contributed by atoms with Gasteiger partial charge in [-0.25, -0.2) is 4.79 Å². The third kappa shape index (κ3) is 1.34. The van der Waals surface area contributed by atoms with Crippen LogP contribution in [0.3, 0.4) is 0 Å². The molecule has 3 aliphatic rings. The van der Waals surface area contributed by atoms with Gasteiger partial charge in [-0.3, -0.25) is 9.69 Å². The zero-order chi connectivity index (χ0) is 11.1. The van der Waals surface area contributed by atoms with Gasteiger partial charge in [0.25, 0.3) is 5.91 Å². The van der Waals surface area contributed by atoms with E-state index in [1.54, 1.807) is 4.90 Å². The predicted octanol–water partition coefficient (Wildman–Crippen LogP) is 0.165. The lowest BCUT2D eigenvalue weighted by molar-refractivity contribution is -0.129. The Morgan fingerprint density at radius 3 is 2.56 bits per heavy atom. The van der Waals surface area contributed by atoms with Gasteiger partial charge in [0.1, 0.15) is 6.04 Å². The van der Waals surface area contributed by atoms with Crippen molar-refractivity contribution in [3.63, 3.8) is 0 Å². The monoisotopic (exact) mass is 223 g/mol. The highest BCUT2D eigenvalue weighted by Crippen LogP contribution is 2.30. The van der Waals surface area contributed by atoms with Crippen LogP contribution in [0.4, 0.5) is 4.79 Å². The molecular weight excluding hydrogens is 206 g/mol. The number of imide groups is 1. The molecule has 3 rings (SSSR count). The van der Waals surface area contributed by atoms with Crippen molar-refractivity contribution in [1.29, 1.82) is 0 Å². The number of carbonyl (C=O) groups is 2. The summed E-state index contributed by atoms with van der Waals surface area (Å²) in [5, 5.41) is 3.26. The Hall–Kier alpha value is -1.10. The molecule has 3 saturated heterocycles. The minimum absolute atomic E-state index is 0.0422. The Balaban J connectivity index is 1.80. The topological polar surface area (TPSA) is 52.7 Å². The van der Waals surface area contributed by atoms with E-state index in [2.05, 4.69) is 5.32 Å². The number of fused-ring (bicyclic) bond motifs is 1. The molecule has 3 fully saturated rings. The Labute approximate surface area is 94.8 Å². The van der Waals surface area contributed by atoms with Crippen LogP contribution in [0.1, 0.15) is 25.7 Å². The van der Waals surface area contributed by atoms with Crippen molar-refractivity contribution in [3.05, 3.63) is 0 Å². The van der Waals surface area contributed by atoms with Crippen LogP contribution in [0.25, 0.3) is 0 Å². The lowest BCUT2D eigenvalue weighted by atomic mass is 10.0. The van der Waals surface area contributed by atoms with Crippen molar-refractivity contribution in [3.8, 4) is 0 Å². The normalized spacial score (nSPS) is 31.4. The van der Waals surface area contributed by atoms with Gasteiger partial charge in [0.2, 0.25) is 0 Å². The van der Waals surface area contributed by atoms with Gasteiger partial charge in [-0.1, -0.05) is 0 Å². The van der Waals surface area contributed by atoms with E-state index in [4.69, 9.17) is 0 Å². The Kier molecular flexibility index (Phi) is 2.35. The standard InChI is InChI=1S/C11H17N3O2/c15-10-9-2-1-7-13(9)11(16)14(10)8-3-5-12-6-4-8/h8-9,12H,1-7H2/t9-/m1/s1. The molecule has 5 nitrogen and oxygen atoms in total. The van der Waals surface area contributed by atoms with Crippen molar-refractivity contribution >= 4 is 11.9 Å². The SMILES string of the molecule is O=C1[C@H]2CCCN2C(=O)N1C1CCNCC1. The van der Waals surface area contributed by atoms with Crippen molar-refractivity contribution < 1.29 is 9.59 Å². The molecule has 0 aromatic heterocycles. The van der Waals surface area contributed by atoms with Gasteiger partial charge < -0.3 is 10.2 Å². The van der Waals surface area contributed by atoms with E-state index in [0.29, 0.717) is 0 Å². The smallest absolute Gasteiger partial charge is 0.317 e. The number of hydrogen-bond acceptors (Lipinski definition) is 3. The number of nitrogens with zero attached hydrogens (tertiary/aromatic N) is 2. The molecule has 0 saturated carbocycles. The molecule has 0 unspecified atom stereocenters. The number of amides is 3. The summed E-state index contributed by atoms with van der Waals surface area (Å²) in [5.41, 5.74) is 0. The number of carbonyl (C=O) groups excluding carboxylic acids is 2. The summed E-state index contributed by atoms with van der Waals surface area (Å²) in [7, 11) is 0. The van der Waals surface area contributed by atoms with Gasteiger partial charge in [0.05, 0.1) is 0 Å². The molecule has 3 amide bonds. The summed E-state index contributed by atoms with van der Waals surface area (Å²) in [5.74, 6) is 0.0504. The van der Waals surface area contributed by atoms with E-state index in [-0.39, 0.29) is 24.0 Å². The van der Waals surface area contributed by atoms with Gasteiger partial charge in [-0.2, -0.15) is 0 Å². The Bertz CT molecular complexity index is 303. The zero-order valence-electron chi connectivity index (χ0n) is 9.32. The number of piperidine rings is 1. The summed E-state index contributed by atoms with van der Waals surface area (Å²) < 4.78 is 0. The molecule has 16 heavy (non-hydrogen) atoms. The van der Waals surface area contributed by atoms with Crippen LogP contribution >= 0.6 is 0 Å². The average molecular weight is 223 g/mol. The molecule has 5 heteroatoms. The first-order chi connectivity index (χ1) is 7.79. The summed E-state index contributed by atoms with van der Waals surface area (Å²) >= 11 is 0. The molecule has 0 aromatic carbocycles. The van der Waals surface area contributed by atoms with E-state index in [9.17, 15) is 9.59 Å². The molecule has 0 aliphatic carbocycles. The van der Waals surface area contributed by atoms with Gasteiger partial charge in [-0.15, -0.1) is 0 Å². The zero-order valence-corrected chi connectivity index (χ0v) is 9.32. The quantitative estimate of drug-likeness (QED) is 0.644. The lowest BCUT2D eigenvalue weighted by Crippen LogP contribution is -2.47. The van der Waals surface area contributed by atoms with E-state index >= 15 is 0 Å². The fourth-order valence-electron chi connectivity index (χ4n) is 3.05. The first kappa shape index (κ1) is 10.1. The molecule has 1 N–H and O–H groups in total. The molecular formula is C11H17N3O2. The summed E-state index contributed by atoms with van der Waals surface area (Å²) in [6, 6.07) is -0.0476. The highest BCUT2D eigenvalue weighted by atomic mass is 16.2. The van der Waals surface area contributed by atoms with Gasteiger partial charge >= 0.3 is 6.03 Å². The van der Waals surface area contributed by atoms with Crippen LogP contribution in [-0.4, -0.2) is 53.5 Å². The molecule has 3 aliphatic heterocycles. The fourth-order valence-corrected chi connectivity index (χ4v) is 3.05. The lowest BCUT2D eigenvalue weighted by Gasteiger charge is -2.29. The van der Waals surface area contributed by atoms with E-state index < -0.39 is 0 Å². The van der Waals surface area contributed by atoms with Gasteiger partial charge in [0, 0.05) is 12.6 Å². The largest absolute Gasteiger partial charge is 0.327 e. The Morgan fingerprint density at radius 2 is 1.88 bits per heavy atom. The first-order valence-corrected chi connectivity index (χ1v) is 6.13. The highest BCUT2D eigenvalue weighted by Gasteiger charge is 2.49. The van der Waals surface area contributed by atoms with Gasteiger partial charge in [-0.05, 0) is 38.8 Å². The summed E-state index contributed by atoms with van der Waals surface area (Å²) in [4.78, 5) is 27.5. The molecule has 0 radical (unpaired) electrons. The van der Waals surface area contributed by atoms with E-state index in [0.717, 1.165) is 45.3 Å². The fraction of sp³-hybridized carbons (Fsp3) is 0.818. The highest BCUT2D eigenvalue weighted by molar-refractivity contribution is 6.04. The van der Waals surface area contributed by atoms with Crippen LogP contribution in [0.5, 0.6) is 0 Å². The average Bonchev–Trinajstić information content (AvgIpc) is 2.86. The number of urea groups is 1. The van der Waals surface area contributed by atoms with Crippen molar-refractivity contribution in [2.24, 2.45) is 0 Å². The second kappa shape index (κ2) is 3.73.